The predicted octanol–water partition coefficient (Wildman–Crippen LogP) is 11.9. The number of aromatic nitrogens is 3. The summed E-state index contributed by atoms with van der Waals surface area (Å²) in [4.78, 5) is 11.8. The van der Waals surface area contributed by atoms with E-state index in [0.29, 0.717) is 5.95 Å². The van der Waals surface area contributed by atoms with Gasteiger partial charge in [-0.05, 0) is 42.5 Å². The summed E-state index contributed by atoms with van der Waals surface area (Å²) in [6.45, 7) is 0. The highest BCUT2D eigenvalue weighted by Gasteiger charge is 2.23. The van der Waals surface area contributed by atoms with Crippen LogP contribution in [0.25, 0.3) is 101 Å². The van der Waals surface area contributed by atoms with Gasteiger partial charge in [0.05, 0.1) is 16.7 Å². The van der Waals surface area contributed by atoms with Crippen molar-refractivity contribution in [1.82, 2.24) is 14.5 Å². The van der Waals surface area contributed by atoms with Crippen LogP contribution in [0.15, 0.2) is 132 Å². The number of thiophene rings is 2. The van der Waals surface area contributed by atoms with E-state index in [1.165, 1.54) is 35.6 Å². The Balaban J connectivity index is 1.29. The van der Waals surface area contributed by atoms with Crippen molar-refractivity contribution in [2.45, 2.75) is 0 Å². The van der Waals surface area contributed by atoms with Crippen LogP contribution in [0.5, 0.6) is 0 Å². The van der Waals surface area contributed by atoms with E-state index in [1.807, 2.05) is 23.5 Å². The molecule has 0 aliphatic heterocycles. The molecule has 0 aliphatic rings. The zero-order valence-electron chi connectivity index (χ0n) is 24.2. The van der Waals surface area contributed by atoms with Crippen LogP contribution in [0.3, 0.4) is 0 Å². The van der Waals surface area contributed by atoms with Gasteiger partial charge in [0.2, 0.25) is 5.95 Å². The molecule has 0 radical (unpaired) electrons. The second-order valence-corrected chi connectivity index (χ2v) is 13.9. The molecule has 0 N–H and O–H groups in total. The number of nitrogens with zero attached hydrogens (tertiary/aromatic N) is 3. The van der Waals surface area contributed by atoms with Crippen LogP contribution in [0, 0.1) is 0 Å². The van der Waals surface area contributed by atoms with Gasteiger partial charge < -0.3 is 4.42 Å². The molecule has 214 valence electrons. The first kappa shape index (κ1) is 24.7. The highest BCUT2D eigenvalue weighted by atomic mass is 32.1. The van der Waals surface area contributed by atoms with Crippen molar-refractivity contribution < 1.29 is 4.42 Å². The highest BCUT2D eigenvalue weighted by molar-refractivity contribution is 7.26. The van der Waals surface area contributed by atoms with Gasteiger partial charge in [0.15, 0.2) is 0 Å². The van der Waals surface area contributed by atoms with E-state index < -0.39 is 0 Å². The molecule has 5 aromatic heterocycles. The Bertz CT molecular complexity index is 3050. The molecule has 0 unspecified atom stereocenters. The van der Waals surface area contributed by atoms with Crippen molar-refractivity contribution in [2.24, 2.45) is 0 Å². The average molecular weight is 624 g/mol. The summed E-state index contributed by atoms with van der Waals surface area (Å²) in [5.74, 6) is 0.661. The van der Waals surface area contributed by atoms with Crippen molar-refractivity contribution >= 4 is 107 Å². The van der Waals surface area contributed by atoms with E-state index in [2.05, 4.69) is 120 Å². The smallest absolute Gasteiger partial charge is 0.236 e. The summed E-state index contributed by atoms with van der Waals surface area (Å²) in [5, 5.41) is 9.39. The fourth-order valence-corrected chi connectivity index (χ4v) is 9.44. The maximum atomic E-state index is 6.56. The minimum atomic E-state index is 0.661. The molecule has 4 nitrogen and oxygen atoms in total. The molecule has 6 heteroatoms. The molecule has 11 rings (SSSR count). The lowest BCUT2D eigenvalue weighted by atomic mass is 10.0. The van der Waals surface area contributed by atoms with E-state index in [1.54, 1.807) is 11.3 Å². The second kappa shape index (κ2) is 9.01. The van der Waals surface area contributed by atoms with Gasteiger partial charge in [-0.1, -0.05) is 84.9 Å². The van der Waals surface area contributed by atoms with Crippen LogP contribution >= 0.6 is 22.7 Å². The van der Waals surface area contributed by atoms with E-state index in [0.717, 1.165) is 59.8 Å². The summed E-state index contributed by atoms with van der Waals surface area (Å²) in [7, 11) is 0. The largest absolute Gasteiger partial charge is 0.455 e. The normalized spacial score (nSPS) is 12.3. The molecular formula is C40H21N3OS2. The quantitative estimate of drug-likeness (QED) is 0.192. The van der Waals surface area contributed by atoms with Crippen LogP contribution in [0.1, 0.15) is 0 Å². The monoisotopic (exact) mass is 623 g/mol. The molecule has 0 amide bonds. The number of benzene rings is 6. The third kappa shape index (κ3) is 3.27. The van der Waals surface area contributed by atoms with Crippen LogP contribution in [0.2, 0.25) is 0 Å². The molecule has 0 atom stereocenters. The number of rotatable bonds is 2. The van der Waals surface area contributed by atoms with Gasteiger partial charge in [-0.3, -0.25) is 4.57 Å². The Morgan fingerprint density at radius 1 is 0.500 bits per heavy atom. The Kier molecular flexibility index (Phi) is 4.84. The van der Waals surface area contributed by atoms with E-state index in [-0.39, 0.29) is 0 Å². The summed E-state index contributed by atoms with van der Waals surface area (Å²) in [6, 6.07) is 45.1. The van der Waals surface area contributed by atoms with Crippen LogP contribution in [-0.4, -0.2) is 14.5 Å². The molecule has 0 fully saturated rings. The first-order valence-corrected chi connectivity index (χ1v) is 16.9. The zero-order valence-corrected chi connectivity index (χ0v) is 25.8. The van der Waals surface area contributed by atoms with Crippen molar-refractivity contribution in [3.63, 3.8) is 0 Å². The Hall–Kier alpha value is -5.56. The number of para-hydroxylation sites is 3. The lowest BCUT2D eigenvalue weighted by molar-refractivity contribution is 0.670. The van der Waals surface area contributed by atoms with Crippen LogP contribution in [0.4, 0.5) is 0 Å². The summed E-state index contributed by atoms with van der Waals surface area (Å²) in [5.41, 5.74) is 5.77. The molecule has 46 heavy (non-hydrogen) atoms. The van der Waals surface area contributed by atoms with E-state index >= 15 is 0 Å². The SMILES string of the molecule is c1ccc2c(c1)oc1c(-c3nc(-n4c5ccccc5c5cc6c(cc54)sc4ccccc46)nc4sc5ccccc5c34)cccc12. The van der Waals surface area contributed by atoms with Gasteiger partial charge >= 0.3 is 0 Å². The van der Waals surface area contributed by atoms with Crippen molar-refractivity contribution in [1.29, 1.82) is 0 Å². The summed E-state index contributed by atoms with van der Waals surface area (Å²) < 4.78 is 12.6. The molecule has 0 saturated heterocycles. The van der Waals surface area contributed by atoms with Crippen molar-refractivity contribution in [3.05, 3.63) is 127 Å². The van der Waals surface area contributed by atoms with Gasteiger partial charge in [-0.25, -0.2) is 9.97 Å². The summed E-state index contributed by atoms with van der Waals surface area (Å²) >= 11 is 3.55. The predicted molar refractivity (Wildman–Crippen MR) is 195 cm³/mol. The number of furan rings is 1. The molecule has 0 spiro atoms. The van der Waals surface area contributed by atoms with Crippen molar-refractivity contribution in [2.75, 3.05) is 0 Å². The molecule has 11 aromatic rings. The molecule has 0 bridgehead atoms. The van der Waals surface area contributed by atoms with Crippen LogP contribution < -0.4 is 0 Å². The fourth-order valence-electron chi connectivity index (χ4n) is 7.24. The number of hydrogen-bond acceptors (Lipinski definition) is 5. The lowest BCUT2D eigenvalue weighted by Gasteiger charge is -2.10. The average Bonchev–Trinajstić information content (AvgIpc) is 3.85. The van der Waals surface area contributed by atoms with Gasteiger partial charge in [-0.15, -0.1) is 22.7 Å². The fraction of sp³-hybridized carbons (Fsp3) is 0. The Morgan fingerprint density at radius 2 is 1.22 bits per heavy atom. The minimum Gasteiger partial charge on any atom is -0.455 e. The van der Waals surface area contributed by atoms with Crippen molar-refractivity contribution in [3.8, 4) is 17.2 Å². The first-order valence-electron chi connectivity index (χ1n) is 15.2. The van der Waals surface area contributed by atoms with Gasteiger partial charge in [-0.2, -0.15) is 0 Å². The van der Waals surface area contributed by atoms with Gasteiger partial charge in [0, 0.05) is 62.8 Å². The highest BCUT2D eigenvalue weighted by Crippen LogP contribution is 2.44. The minimum absolute atomic E-state index is 0.661. The zero-order chi connectivity index (χ0) is 29.9. The second-order valence-electron chi connectivity index (χ2n) is 11.7. The Morgan fingerprint density at radius 3 is 2.11 bits per heavy atom. The van der Waals surface area contributed by atoms with Gasteiger partial charge in [0.1, 0.15) is 16.0 Å². The van der Waals surface area contributed by atoms with E-state index in [9.17, 15) is 0 Å². The van der Waals surface area contributed by atoms with E-state index in [4.69, 9.17) is 14.4 Å². The summed E-state index contributed by atoms with van der Waals surface area (Å²) in [6.07, 6.45) is 0. The number of hydrogen-bond donors (Lipinski definition) is 0. The third-order valence-corrected chi connectivity index (χ3v) is 11.5. The molecule has 0 saturated carbocycles. The number of fused-ring (bicyclic) bond motifs is 12. The van der Waals surface area contributed by atoms with Crippen LogP contribution in [-0.2, 0) is 0 Å². The Labute approximate surface area is 269 Å². The molecule has 5 heterocycles. The lowest BCUT2D eigenvalue weighted by Crippen LogP contribution is -2.02. The van der Waals surface area contributed by atoms with Gasteiger partial charge in [0.25, 0.3) is 0 Å². The first-order chi connectivity index (χ1) is 22.8. The molecular weight excluding hydrogens is 603 g/mol. The topological polar surface area (TPSA) is 43.9 Å². The maximum Gasteiger partial charge on any atom is 0.236 e. The molecule has 6 aromatic carbocycles. The maximum absolute atomic E-state index is 6.56. The standard InChI is InChI=1S/C40H21N3OS2/c1-5-16-30-22(10-1)28-20-29-24-12-3-7-18-33(24)45-35(29)21-31(28)43(30)40-41-37(36-26-13-4-8-19-34(26)46-39(36)42-40)27-15-9-14-25-23-11-2-6-17-32(23)44-38(25)27/h1-21H. The molecule has 0 aliphatic carbocycles. The third-order valence-electron chi connectivity index (χ3n) is 9.26.